The fraction of sp³-hybridized carbons (Fsp3) is 0.167. The third kappa shape index (κ3) is 2.55. The van der Waals surface area contributed by atoms with E-state index in [2.05, 4.69) is 9.97 Å². The minimum absolute atomic E-state index is 0.0780. The molecule has 0 unspecified atom stereocenters. The summed E-state index contributed by atoms with van der Waals surface area (Å²) in [6, 6.07) is 9.17. The topological polar surface area (TPSA) is 55.2 Å². The van der Waals surface area contributed by atoms with E-state index in [9.17, 15) is 0 Å². The lowest BCUT2D eigenvalue weighted by Gasteiger charge is -2.07. The van der Waals surface area contributed by atoms with E-state index in [0.29, 0.717) is 18.1 Å². The summed E-state index contributed by atoms with van der Waals surface area (Å²) in [6.45, 7) is 0.274. The smallest absolute Gasteiger partial charge is 0.219 e. The second kappa shape index (κ2) is 5.23. The van der Waals surface area contributed by atoms with Crippen LogP contribution in [0.2, 0.25) is 0 Å². The summed E-state index contributed by atoms with van der Waals surface area (Å²) in [4.78, 5) is 8.19. The number of rotatable bonds is 4. The number of aliphatic hydroxyl groups is 1. The zero-order chi connectivity index (χ0) is 11.2. The maximum atomic E-state index is 9.08. The fourth-order valence-corrected chi connectivity index (χ4v) is 1.30. The average molecular weight is 216 g/mol. The Labute approximate surface area is 93.6 Å². The van der Waals surface area contributed by atoms with Gasteiger partial charge in [0, 0.05) is 18.0 Å². The molecule has 2 aromatic heterocycles. The number of pyridine rings is 2. The molecule has 2 heterocycles. The normalized spacial score (nSPS) is 10.1. The van der Waals surface area contributed by atoms with Crippen LogP contribution < -0.4 is 4.74 Å². The summed E-state index contributed by atoms with van der Waals surface area (Å²) in [5.41, 5.74) is 1.51. The molecule has 0 spiro atoms. The van der Waals surface area contributed by atoms with Gasteiger partial charge in [0.05, 0.1) is 12.3 Å². The summed E-state index contributed by atoms with van der Waals surface area (Å²) in [7, 11) is 0. The Balaban J connectivity index is 2.05. The van der Waals surface area contributed by atoms with Gasteiger partial charge in [-0.05, 0) is 24.3 Å². The maximum Gasteiger partial charge on any atom is 0.219 e. The lowest BCUT2D eigenvalue weighted by atomic mass is 10.3. The van der Waals surface area contributed by atoms with Gasteiger partial charge in [0.15, 0.2) is 0 Å². The van der Waals surface area contributed by atoms with E-state index in [1.807, 2.05) is 18.2 Å². The van der Waals surface area contributed by atoms with Gasteiger partial charge in [-0.15, -0.1) is 0 Å². The molecule has 4 heteroatoms. The SMILES string of the molecule is OCc1cccnc1OCc1ccccn1. The molecule has 0 bridgehead atoms. The van der Waals surface area contributed by atoms with Gasteiger partial charge in [0.2, 0.25) is 5.88 Å². The molecule has 4 nitrogen and oxygen atoms in total. The number of hydrogen-bond acceptors (Lipinski definition) is 4. The number of aliphatic hydroxyl groups excluding tert-OH is 1. The number of aromatic nitrogens is 2. The molecule has 16 heavy (non-hydrogen) atoms. The highest BCUT2D eigenvalue weighted by Crippen LogP contribution is 2.14. The van der Waals surface area contributed by atoms with Gasteiger partial charge in [-0.25, -0.2) is 4.98 Å². The lowest BCUT2D eigenvalue weighted by Crippen LogP contribution is -2.01. The predicted octanol–water partition coefficient (Wildman–Crippen LogP) is 1.55. The lowest BCUT2D eigenvalue weighted by molar-refractivity contribution is 0.251. The van der Waals surface area contributed by atoms with E-state index in [-0.39, 0.29) is 6.61 Å². The van der Waals surface area contributed by atoms with Crippen molar-refractivity contribution in [3.63, 3.8) is 0 Å². The highest BCUT2D eigenvalue weighted by Gasteiger charge is 2.03. The molecule has 1 N–H and O–H groups in total. The average Bonchev–Trinajstić information content (AvgIpc) is 2.38. The standard InChI is InChI=1S/C12H12N2O2/c15-8-10-4-3-7-14-12(10)16-9-11-5-1-2-6-13-11/h1-7,15H,8-9H2. The van der Waals surface area contributed by atoms with Crippen LogP contribution in [0.5, 0.6) is 5.88 Å². The number of ether oxygens (including phenoxy) is 1. The largest absolute Gasteiger partial charge is 0.471 e. The third-order valence-corrected chi connectivity index (χ3v) is 2.10. The van der Waals surface area contributed by atoms with Crippen molar-refractivity contribution in [1.29, 1.82) is 0 Å². The van der Waals surface area contributed by atoms with E-state index in [0.717, 1.165) is 5.69 Å². The Kier molecular flexibility index (Phi) is 3.46. The zero-order valence-electron chi connectivity index (χ0n) is 8.71. The zero-order valence-corrected chi connectivity index (χ0v) is 8.71. The first kappa shape index (κ1) is 10.6. The van der Waals surface area contributed by atoms with Crippen molar-refractivity contribution in [2.45, 2.75) is 13.2 Å². The van der Waals surface area contributed by atoms with E-state index in [1.54, 1.807) is 24.5 Å². The van der Waals surface area contributed by atoms with Crippen molar-refractivity contribution < 1.29 is 9.84 Å². The van der Waals surface area contributed by atoms with Gasteiger partial charge in [0.1, 0.15) is 6.61 Å². The van der Waals surface area contributed by atoms with Crippen LogP contribution in [0.15, 0.2) is 42.7 Å². The molecule has 0 saturated heterocycles. The first-order valence-corrected chi connectivity index (χ1v) is 4.97. The maximum absolute atomic E-state index is 9.08. The summed E-state index contributed by atoms with van der Waals surface area (Å²) in [6.07, 6.45) is 3.34. The molecule has 0 aliphatic heterocycles. The van der Waals surface area contributed by atoms with Crippen LogP contribution in [0.25, 0.3) is 0 Å². The highest BCUT2D eigenvalue weighted by atomic mass is 16.5. The number of hydrogen-bond donors (Lipinski definition) is 1. The van der Waals surface area contributed by atoms with Crippen molar-refractivity contribution >= 4 is 0 Å². The van der Waals surface area contributed by atoms with Crippen molar-refractivity contribution in [3.8, 4) is 5.88 Å². The van der Waals surface area contributed by atoms with Crippen molar-refractivity contribution in [1.82, 2.24) is 9.97 Å². The predicted molar refractivity (Wildman–Crippen MR) is 58.7 cm³/mol. The highest BCUT2D eigenvalue weighted by molar-refractivity contribution is 5.24. The monoisotopic (exact) mass is 216 g/mol. The Morgan fingerprint density at radius 1 is 1.06 bits per heavy atom. The minimum Gasteiger partial charge on any atom is -0.471 e. The van der Waals surface area contributed by atoms with Crippen LogP contribution in [0, 0.1) is 0 Å². The molecule has 0 fully saturated rings. The second-order valence-corrected chi connectivity index (χ2v) is 3.24. The Morgan fingerprint density at radius 3 is 2.69 bits per heavy atom. The van der Waals surface area contributed by atoms with Crippen LogP contribution in [-0.4, -0.2) is 15.1 Å². The van der Waals surface area contributed by atoms with Gasteiger partial charge in [-0.1, -0.05) is 6.07 Å². The van der Waals surface area contributed by atoms with Gasteiger partial charge >= 0.3 is 0 Å². The molecule has 0 aliphatic rings. The molecule has 2 aromatic rings. The summed E-state index contributed by atoms with van der Waals surface area (Å²) in [5, 5.41) is 9.08. The van der Waals surface area contributed by atoms with Crippen LogP contribution in [-0.2, 0) is 13.2 Å². The quantitative estimate of drug-likeness (QED) is 0.842. The van der Waals surface area contributed by atoms with Crippen molar-refractivity contribution in [2.24, 2.45) is 0 Å². The Bertz CT molecular complexity index is 446. The van der Waals surface area contributed by atoms with Crippen LogP contribution >= 0.6 is 0 Å². The van der Waals surface area contributed by atoms with E-state index < -0.39 is 0 Å². The van der Waals surface area contributed by atoms with Crippen LogP contribution in [0.1, 0.15) is 11.3 Å². The summed E-state index contributed by atoms with van der Waals surface area (Å²) >= 11 is 0. The molecule has 0 radical (unpaired) electrons. The van der Waals surface area contributed by atoms with Crippen molar-refractivity contribution in [3.05, 3.63) is 54.0 Å². The second-order valence-electron chi connectivity index (χ2n) is 3.24. The van der Waals surface area contributed by atoms with E-state index in [1.165, 1.54) is 0 Å². The van der Waals surface area contributed by atoms with E-state index >= 15 is 0 Å². The van der Waals surface area contributed by atoms with Gasteiger partial charge < -0.3 is 9.84 Å². The summed E-state index contributed by atoms with van der Waals surface area (Å²) < 4.78 is 5.48. The molecular formula is C12H12N2O2. The summed E-state index contributed by atoms with van der Waals surface area (Å²) in [5.74, 6) is 0.454. The van der Waals surface area contributed by atoms with Crippen molar-refractivity contribution in [2.75, 3.05) is 0 Å². The fourth-order valence-electron chi connectivity index (χ4n) is 1.30. The molecule has 0 aromatic carbocycles. The molecule has 2 rings (SSSR count). The number of nitrogens with zero attached hydrogens (tertiary/aromatic N) is 2. The molecule has 82 valence electrons. The molecule has 0 saturated carbocycles. The van der Waals surface area contributed by atoms with Gasteiger partial charge in [0.25, 0.3) is 0 Å². The molecule has 0 atom stereocenters. The minimum atomic E-state index is -0.0780. The Morgan fingerprint density at radius 2 is 1.94 bits per heavy atom. The first-order valence-electron chi connectivity index (χ1n) is 4.97. The van der Waals surface area contributed by atoms with Crippen LogP contribution in [0.3, 0.4) is 0 Å². The first-order chi connectivity index (χ1) is 7.90. The third-order valence-electron chi connectivity index (χ3n) is 2.10. The van der Waals surface area contributed by atoms with Gasteiger partial charge in [-0.3, -0.25) is 4.98 Å². The van der Waals surface area contributed by atoms with E-state index in [4.69, 9.17) is 9.84 Å². The molecule has 0 aliphatic carbocycles. The van der Waals surface area contributed by atoms with Gasteiger partial charge in [-0.2, -0.15) is 0 Å². The molecule has 0 amide bonds. The van der Waals surface area contributed by atoms with Crippen LogP contribution in [0.4, 0.5) is 0 Å². The Hall–Kier alpha value is -1.94. The molecular weight excluding hydrogens is 204 g/mol.